The van der Waals surface area contributed by atoms with E-state index in [0.717, 1.165) is 12.8 Å². The van der Waals surface area contributed by atoms with E-state index in [1.165, 1.54) is 22.3 Å². The van der Waals surface area contributed by atoms with Gasteiger partial charge >= 0.3 is 12.1 Å². The van der Waals surface area contributed by atoms with Crippen molar-refractivity contribution in [1.82, 2.24) is 10.2 Å². The van der Waals surface area contributed by atoms with Gasteiger partial charge in [-0.05, 0) is 41.5 Å². The topological polar surface area (TPSA) is 95.9 Å². The Kier molecular flexibility index (Phi) is 5.79. The van der Waals surface area contributed by atoms with Crippen LogP contribution in [0.25, 0.3) is 11.1 Å². The minimum atomic E-state index is -0.819. The van der Waals surface area contributed by atoms with E-state index in [4.69, 9.17) is 9.84 Å². The van der Waals surface area contributed by atoms with Crippen molar-refractivity contribution in [2.24, 2.45) is 11.8 Å². The average Bonchev–Trinajstić information content (AvgIpc) is 3.37. The Bertz CT molecular complexity index is 1030. The minimum absolute atomic E-state index is 0.0196. The maximum Gasteiger partial charge on any atom is 0.407 e. The first-order valence-corrected chi connectivity index (χ1v) is 11.6. The predicted molar refractivity (Wildman–Crippen MR) is 122 cm³/mol. The summed E-state index contributed by atoms with van der Waals surface area (Å²) in [6, 6.07) is 16.4. The number of carboxylic acids is 1. The van der Waals surface area contributed by atoms with Crippen LogP contribution in [0.1, 0.15) is 42.7 Å². The molecule has 1 aliphatic heterocycles. The highest BCUT2D eigenvalue weighted by molar-refractivity contribution is 5.81. The zero-order chi connectivity index (χ0) is 22.9. The van der Waals surface area contributed by atoms with Crippen LogP contribution >= 0.6 is 0 Å². The number of nitrogens with zero attached hydrogens (tertiary/aromatic N) is 1. The van der Waals surface area contributed by atoms with Crippen molar-refractivity contribution < 1.29 is 24.2 Å². The number of alkyl carbamates (subject to hydrolysis) is 1. The molecule has 2 aromatic carbocycles. The highest BCUT2D eigenvalue weighted by Gasteiger charge is 2.39. The molecule has 1 saturated heterocycles. The van der Waals surface area contributed by atoms with E-state index in [1.807, 2.05) is 24.3 Å². The normalized spacial score (nSPS) is 21.8. The summed E-state index contributed by atoms with van der Waals surface area (Å²) in [6.07, 6.45) is 1.74. The summed E-state index contributed by atoms with van der Waals surface area (Å²) < 4.78 is 5.63. The van der Waals surface area contributed by atoms with Crippen LogP contribution in [0.2, 0.25) is 0 Å². The lowest BCUT2D eigenvalue weighted by molar-refractivity contribution is -0.147. The zero-order valence-electron chi connectivity index (χ0n) is 18.4. The van der Waals surface area contributed by atoms with Crippen LogP contribution in [-0.4, -0.2) is 53.7 Å². The number of benzene rings is 2. The van der Waals surface area contributed by atoms with Gasteiger partial charge in [0.15, 0.2) is 0 Å². The molecule has 2 N–H and O–H groups in total. The molecule has 2 amide bonds. The van der Waals surface area contributed by atoms with E-state index < -0.39 is 12.1 Å². The molecule has 1 heterocycles. The minimum Gasteiger partial charge on any atom is -0.481 e. The van der Waals surface area contributed by atoms with Crippen molar-refractivity contribution >= 4 is 18.0 Å². The molecule has 7 heteroatoms. The van der Waals surface area contributed by atoms with E-state index in [0.29, 0.717) is 19.5 Å². The zero-order valence-corrected chi connectivity index (χ0v) is 18.4. The molecule has 2 fully saturated rings. The van der Waals surface area contributed by atoms with Gasteiger partial charge in [0.25, 0.3) is 0 Å². The molecule has 0 bridgehead atoms. The van der Waals surface area contributed by atoms with E-state index in [1.54, 1.807) is 4.90 Å². The number of carbonyl (C=O) groups is 3. The SMILES string of the molecule is O=C(O)CC1CN(C(=O)[C@@H]2CC[C@H](NC(=O)OCC3c4ccccc4-c4ccccc43)C2)C1. The molecule has 7 nitrogen and oxygen atoms in total. The molecule has 33 heavy (non-hydrogen) atoms. The van der Waals surface area contributed by atoms with Gasteiger partial charge in [-0.15, -0.1) is 0 Å². The average molecular weight is 449 g/mol. The lowest BCUT2D eigenvalue weighted by atomic mass is 9.94. The number of amides is 2. The van der Waals surface area contributed by atoms with E-state index in [-0.39, 0.29) is 42.7 Å². The largest absolute Gasteiger partial charge is 0.481 e. The first-order chi connectivity index (χ1) is 16.0. The Morgan fingerprint density at radius 1 is 0.970 bits per heavy atom. The van der Waals surface area contributed by atoms with E-state index in [9.17, 15) is 14.4 Å². The highest BCUT2D eigenvalue weighted by atomic mass is 16.5. The summed E-state index contributed by atoms with van der Waals surface area (Å²) in [5, 5.41) is 11.8. The molecular weight excluding hydrogens is 420 g/mol. The molecule has 0 aromatic heterocycles. The van der Waals surface area contributed by atoms with Gasteiger partial charge in [-0.3, -0.25) is 9.59 Å². The highest BCUT2D eigenvalue weighted by Crippen LogP contribution is 2.44. The first kappa shape index (κ1) is 21.5. The van der Waals surface area contributed by atoms with Crippen molar-refractivity contribution in [3.8, 4) is 11.1 Å². The number of nitrogens with one attached hydrogen (secondary N) is 1. The third-order valence-corrected chi connectivity index (χ3v) is 7.18. The van der Waals surface area contributed by atoms with Crippen molar-refractivity contribution in [1.29, 1.82) is 0 Å². The molecule has 2 aromatic rings. The standard InChI is InChI=1S/C26H28N2O5/c29-24(30)11-16-13-28(14-16)25(31)17-9-10-18(12-17)27-26(32)33-15-23-21-7-3-1-5-19(21)20-6-2-4-8-22(20)23/h1-8,16-18,23H,9-15H2,(H,27,32)(H,29,30)/t17-,18+/m1/s1. The molecule has 172 valence electrons. The number of fused-ring (bicyclic) bond motifs is 3. The maximum atomic E-state index is 12.7. The smallest absolute Gasteiger partial charge is 0.407 e. The Labute approximate surface area is 192 Å². The molecular formula is C26H28N2O5. The number of rotatable bonds is 6. The fourth-order valence-electron chi connectivity index (χ4n) is 5.53. The van der Waals surface area contributed by atoms with Crippen LogP contribution in [0.15, 0.2) is 48.5 Å². The van der Waals surface area contributed by atoms with Gasteiger partial charge in [0.05, 0.1) is 6.42 Å². The first-order valence-electron chi connectivity index (χ1n) is 11.6. The molecule has 5 rings (SSSR count). The van der Waals surface area contributed by atoms with Crippen LogP contribution < -0.4 is 5.32 Å². The van der Waals surface area contributed by atoms with Crippen molar-refractivity contribution in [2.75, 3.05) is 19.7 Å². The summed E-state index contributed by atoms with van der Waals surface area (Å²) in [5.41, 5.74) is 4.73. The summed E-state index contributed by atoms with van der Waals surface area (Å²) in [7, 11) is 0. The van der Waals surface area contributed by atoms with Crippen LogP contribution in [0.5, 0.6) is 0 Å². The number of likely N-dealkylation sites (tertiary alicyclic amines) is 1. The van der Waals surface area contributed by atoms with Crippen molar-refractivity contribution in [3.63, 3.8) is 0 Å². The van der Waals surface area contributed by atoms with Crippen molar-refractivity contribution in [3.05, 3.63) is 59.7 Å². The van der Waals surface area contributed by atoms with Crippen LogP contribution in [0.3, 0.4) is 0 Å². The number of hydrogen-bond donors (Lipinski definition) is 2. The third-order valence-electron chi connectivity index (χ3n) is 7.18. The van der Waals surface area contributed by atoms with Gasteiger partial charge in [-0.1, -0.05) is 48.5 Å². The number of aliphatic carboxylic acids is 1. The third kappa shape index (κ3) is 4.32. The fourth-order valence-corrected chi connectivity index (χ4v) is 5.53. The number of hydrogen-bond acceptors (Lipinski definition) is 4. The molecule has 1 saturated carbocycles. The number of carbonyl (C=O) groups excluding carboxylic acids is 2. The lowest BCUT2D eigenvalue weighted by Crippen LogP contribution is -2.52. The van der Waals surface area contributed by atoms with Gasteiger partial charge in [0.2, 0.25) is 5.91 Å². The monoisotopic (exact) mass is 448 g/mol. The van der Waals surface area contributed by atoms with Gasteiger partial charge in [-0.25, -0.2) is 4.79 Å². The number of carboxylic acid groups (broad SMARTS) is 1. The molecule has 0 radical (unpaired) electrons. The van der Waals surface area contributed by atoms with Crippen LogP contribution in [0.4, 0.5) is 4.79 Å². The quantitative estimate of drug-likeness (QED) is 0.704. The Balaban J connectivity index is 1.11. The Morgan fingerprint density at radius 3 is 2.24 bits per heavy atom. The maximum absolute atomic E-state index is 12.7. The lowest BCUT2D eigenvalue weighted by Gasteiger charge is -2.40. The Morgan fingerprint density at radius 2 is 1.61 bits per heavy atom. The molecule has 2 aliphatic carbocycles. The number of ether oxygens (including phenoxy) is 1. The molecule has 3 aliphatic rings. The van der Waals surface area contributed by atoms with Crippen LogP contribution in [-0.2, 0) is 14.3 Å². The second-order valence-electron chi connectivity index (χ2n) is 9.38. The van der Waals surface area contributed by atoms with Gasteiger partial charge in [-0.2, -0.15) is 0 Å². The van der Waals surface area contributed by atoms with E-state index >= 15 is 0 Å². The molecule has 0 unspecified atom stereocenters. The van der Waals surface area contributed by atoms with Crippen molar-refractivity contribution in [2.45, 2.75) is 37.6 Å². The fraction of sp³-hybridized carbons (Fsp3) is 0.423. The molecule has 2 atom stereocenters. The van der Waals surface area contributed by atoms with Gasteiger partial charge < -0.3 is 20.1 Å². The summed E-state index contributed by atoms with van der Waals surface area (Å²) in [4.78, 5) is 37.7. The predicted octanol–water partition coefficient (Wildman–Crippen LogP) is 3.63. The van der Waals surface area contributed by atoms with E-state index in [2.05, 4.69) is 29.6 Å². The summed E-state index contributed by atoms with van der Waals surface area (Å²) >= 11 is 0. The van der Waals surface area contributed by atoms with Gasteiger partial charge in [0, 0.05) is 36.9 Å². The summed E-state index contributed by atoms with van der Waals surface area (Å²) in [6.45, 7) is 1.31. The Hall–Kier alpha value is -3.35. The van der Waals surface area contributed by atoms with Crippen LogP contribution in [0, 0.1) is 11.8 Å². The summed E-state index contributed by atoms with van der Waals surface area (Å²) in [5.74, 6) is -0.780. The second-order valence-corrected chi connectivity index (χ2v) is 9.38. The second kappa shape index (κ2) is 8.89. The van der Waals surface area contributed by atoms with Gasteiger partial charge in [0.1, 0.15) is 6.61 Å². The molecule has 0 spiro atoms.